The number of hydrogen-bond acceptors (Lipinski definition) is 3. The second-order valence-electron chi connectivity index (χ2n) is 1.81. The minimum atomic E-state index is -0.848. The highest BCUT2D eigenvalue weighted by atomic mass is 16.6. The second kappa shape index (κ2) is 2.48. The second-order valence-corrected chi connectivity index (χ2v) is 1.81. The van der Waals surface area contributed by atoms with Gasteiger partial charge in [-0.25, -0.2) is 0 Å². The van der Waals surface area contributed by atoms with Crippen LogP contribution in [0.3, 0.4) is 0 Å². The normalized spacial score (nSPS) is 16.7. The lowest BCUT2D eigenvalue weighted by atomic mass is 10.2. The van der Waals surface area contributed by atoms with E-state index in [4.69, 9.17) is 5.11 Å². The number of aliphatic carboxylic acids is 1. The fourth-order valence-electron chi connectivity index (χ4n) is 0.641. The molecule has 0 radical (unpaired) electrons. The lowest BCUT2D eigenvalue weighted by Gasteiger charge is -1.86. The summed E-state index contributed by atoms with van der Waals surface area (Å²) in [6.45, 7) is 0.530. The zero-order chi connectivity index (χ0) is 6.69. The minimum absolute atomic E-state index is 0.0139. The van der Waals surface area contributed by atoms with Gasteiger partial charge in [0.15, 0.2) is 0 Å². The summed E-state index contributed by atoms with van der Waals surface area (Å²) in [5.41, 5.74) is 0.627. The molecule has 0 unspecified atom stereocenters. The van der Waals surface area contributed by atoms with Crippen molar-refractivity contribution in [3.8, 4) is 0 Å². The van der Waals surface area contributed by atoms with Crippen LogP contribution >= 0.6 is 0 Å². The van der Waals surface area contributed by atoms with Crippen molar-refractivity contribution in [3.63, 3.8) is 0 Å². The van der Waals surface area contributed by atoms with Crippen LogP contribution in [0.5, 0.6) is 0 Å². The molecule has 1 heterocycles. The van der Waals surface area contributed by atoms with Crippen LogP contribution in [0.4, 0.5) is 0 Å². The van der Waals surface area contributed by atoms with Crippen LogP contribution in [0.25, 0.3) is 0 Å². The molecule has 1 N–H and O–H groups in total. The highest BCUT2D eigenvalue weighted by Crippen LogP contribution is 2.02. The summed E-state index contributed by atoms with van der Waals surface area (Å²) >= 11 is 0. The number of oxime groups is 1. The largest absolute Gasteiger partial charge is 0.481 e. The average Bonchev–Trinajstić information content (AvgIpc) is 2.15. The molecule has 0 bridgehead atoms. The molecule has 0 aliphatic carbocycles. The monoisotopic (exact) mass is 129 g/mol. The van der Waals surface area contributed by atoms with Gasteiger partial charge in [-0.1, -0.05) is 5.16 Å². The van der Waals surface area contributed by atoms with Crippen LogP contribution in [-0.4, -0.2) is 23.4 Å². The summed E-state index contributed by atoms with van der Waals surface area (Å²) in [6.07, 6.45) is 0.673. The van der Waals surface area contributed by atoms with Crippen LogP contribution in [0.2, 0.25) is 0 Å². The highest BCUT2D eigenvalue weighted by molar-refractivity contribution is 5.98. The van der Waals surface area contributed by atoms with Gasteiger partial charge in [0.1, 0.15) is 6.61 Å². The van der Waals surface area contributed by atoms with Gasteiger partial charge >= 0.3 is 5.97 Å². The van der Waals surface area contributed by atoms with E-state index in [0.29, 0.717) is 18.7 Å². The lowest BCUT2D eigenvalue weighted by molar-refractivity contribution is -0.135. The van der Waals surface area contributed by atoms with Gasteiger partial charge in [-0.05, 0) is 0 Å². The van der Waals surface area contributed by atoms with Crippen molar-refractivity contribution in [1.29, 1.82) is 0 Å². The Kier molecular flexibility index (Phi) is 1.67. The number of nitrogens with zero attached hydrogens (tertiary/aromatic N) is 1. The van der Waals surface area contributed by atoms with Crippen LogP contribution in [0, 0.1) is 0 Å². The van der Waals surface area contributed by atoms with Gasteiger partial charge in [0, 0.05) is 6.42 Å². The number of rotatable bonds is 2. The fourth-order valence-corrected chi connectivity index (χ4v) is 0.641. The molecule has 0 saturated heterocycles. The Balaban J connectivity index is 2.35. The molecular weight excluding hydrogens is 122 g/mol. The van der Waals surface area contributed by atoms with E-state index >= 15 is 0 Å². The first kappa shape index (κ1) is 6.07. The number of carboxylic acid groups (broad SMARTS) is 1. The Labute approximate surface area is 52.1 Å². The molecule has 0 saturated carbocycles. The first-order valence-corrected chi connectivity index (χ1v) is 2.68. The summed E-state index contributed by atoms with van der Waals surface area (Å²) in [5.74, 6) is -0.848. The summed E-state index contributed by atoms with van der Waals surface area (Å²) in [4.78, 5) is 14.6. The van der Waals surface area contributed by atoms with Crippen molar-refractivity contribution in [3.05, 3.63) is 0 Å². The van der Waals surface area contributed by atoms with Crippen molar-refractivity contribution >= 4 is 11.7 Å². The van der Waals surface area contributed by atoms with Gasteiger partial charge in [-0.3, -0.25) is 4.79 Å². The number of carboxylic acids is 1. The Hall–Kier alpha value is -1.06. The Morgan fingerprint density at radius 1 is 1.89 bits per heavy atom. The third-order valence-electron chi connectivity index (χ3n) is 1.03. The molecule has 1 aliphatic rings. The highest BCUT2D eigenvalue weighted by Gasteiger charge is 2.10. The molecule has 4 nitrogen and oxygen atoms in total. The maximum atomic E-state index is 10.0. The summed E-state index contributed by atoms with van der Waals surface area (Å²) in [6, 6.07) is 0. The standard InChI is InChI=1S/C5H7NO3/c7-5(8)3-4-1-2-9-6-4/h1-3H2,(H,7,8). The van der Waals surface area contributed by atoms with Crippen molar-refractivity contribution in [2.75, 3.05) is 6.61 Å². The van der Waals surface area contributed by atoms with Gasteiger partial charge in [0.25, 0.3) is 0 Å². The molecule has 0 spiro atoms. The van der Waals surface area contributed by atoms with E-state index in [1.165, 1.54) is 0 Å². The molecule has 1 aliphatic heterocycles. The van der Waals surface area contributed by atoms with E-state index in [9.17, 15) is 4.79 Å². The predicted molar refractivity (Wildman–Crippen MR) is 30.3 cm³/mol. The SMILES string of the molecule is O=C(O)CC1=NOCC1. The topological polar surface area (TPSA) is 58.9 Å². The number of carbonyl (C=O) groups is 1. The van der Waals surface area contributed by atoms with Crippen molar-refractivity contribution < 1.29 is 14.7 Å². The maximum absolute atomic E-state index is 10.0. The first-order chi connectivity index (χ1) is 4.29. The summed E-state index contributed by atoms with van der Waals surface area (Å²) < 4.78 is 0. The molecule has 1 rings (SSSR count). The maximum Gasteiger partial charge on any atom is 0.309 e. The van der Waals surface area contributed by atoms with E-state index < -0.39 is 5.97 Å². The molecule has 9 heavy (non-hydrogen) atoms. The van der Waals surface area contributed by atoms with Gasteiger partial charge in [0.2, 0.25) is 0 Å². The van der Waals surface area contributed by atoms with Crippen molar-refractivity contribution in [2.24, 2.45) is 5.16 Å². The van der Waals surface area contributed by atoms with Gasteiger partial charge in [-0.15, -0.1) is 0 Å². The summed E-state index contributed by atoms with van der Waals surface area (Å²) in [5, 5.41) is 11.7. The first-order valence-electron chi connectivity index (χ1n) is 2.68. The van der Waals surface area contributed by atoms with Crippen molar-refractivity contribution in [1.82, 2.24) is 0 Å². The average molecular weight is 129 g/mol. The van der Waals surface area contributed by atoms with E-state index in [1.807, 2.05) is 0 Å². The van der Waals surface area contributed by atoms with E-state index in [0.717, 1.165) is 0 Å². The Morgan fingerprint density at radius 3 is 3.11 bits per heavy atom. The molecule has 0 aromatic heterocycles. The van der Waals surface area contributed by atoms with Gasteiger partial charge in [0.05, 0.1) is 12.1 Å². The van der Waals surface area contributed by atoms with Crippen LogP contribution in [0.1, 0.15) is 12.8 Å². The number of hydrogen-bond donors (Lipinski definition) is 1. The molecule has 50 valence electrons. The smallest absolute Gasteiger partial charge is 0.309 e. The minimum Gasteiger partial charge on any atom is -0.481 e. The molecular formula is C5H7NO3. The zero-order valence-electron chi connectivity index (χ0n) is 4.83. The third kappa shape index (κ3) is 1.71. The van der Waals surface area contributed by atoms with Gasteiger partial charge in [-0.2, -0.15) is 0 Å². The van der Waals surface area contributed by atoms with E-state index in [2.05, 4.69) is 9.99 Å². The van der Waals surface area contributed by atoms with Crippen LogP contribution in [-0.2, 0) is 9.63 Å². The molecule has 0 atom stereocenters. The Bertz CT molecular complexity index is 152. The quantitative estimate of drug-likeness (QED) is 0.580. The van der Waals surface area contributed by atoms with E-state index in [-0.39, 0.29) is 6.42 Å². The van der Waals surface area contributed by atoms with Crippen LogP contribution < -0.4 is 0 Å². The van der Waals surface area contributed by atoms with Gasteiger partial charge < -0.3 is 9.94 Å². The third-order valence-corrected chi connectivity index (χ3v) is 1.03. The molecule has 0 aromatic carbocycles. The lowest BCUT2D eigenvalue weighted by Crippen LogP contribution is -2.03. The molecule has 0 amide bonds. The molecule has 4 heteroatoms. The predicted octanol–water partition coefficient (Wildman–Crippen LogP) is 0.237. The zero-order valence-corrected chi connectivity index (χ0v) is 4.83. The Morgan fingerprint density at radius 2 is 2.67 bits per heavy atom. The fraction of sp³-hybridized carbons (Fsp3) is 0.600. The molecule has 0 aromatic rings. The molecule has 0 fully saturated rings. The van der Waals surface area contributed by atoms with Crippen LogP contribution in [0.15, 0.2) is 5.16 Å². The summed E-state index contributed by atoms with van der Waals surface area (Å²) in [7, 11) is 0. The van der Waals surface area contributed by atoms with E-state index in [1.54, 1.807) is 0 Å². The van der Waals surface area contributed by atoms with Crippen molar-refractivity contribution in [2.45, 2.75) is 12.8 Å².